The van der Waals surface area contributed by atoms with Crippen molar-refractivity contribution in [2.45, 2.75) is 0 Å². The molecule has 0 bridgehead atoms. The van der Waals surface area contributed by atoms with Crippen LogP contribution in [0.25, 0.3) is 0 Å². The van der Waals surface area contributed by atoms with E-state index in [-0.39, 0.29) is 5.69 Å². The van der Waals surface area contributed by atoms with Crippen molar-refractivity contribution < 1.29 is 4.79 Å². The van der Waals surface area contributed by atoms with Gasteiger partial charge in [-0.15, -0.1) is 0 Å². The lowest BCUT2D eigenvalue weighted by atomic mass is 10.2. The van der Waals surface area contributed by atoms with Crippen LogP contribution in [0.2, 0.25) is 0 Å². The fourth-order valence-electron chi connectivity index (χ4n) is 1.38. The van der Waals surface area contributed by atoms with Gasteiger partial charge in [0.2, 0.25) is 0 Å². The van der Waals surface area contributed by atoms with Gasteiger partial charge in [-0.2, -0.15) is 10.4 Å². The fourth-order valence-corrected chi connectivity index (χ4v) is 1.74. The van der Waals surface area contributed by atoms with Crippen molar-refractivity contribution >= 4 is 27.5 Å². The summed E-state index contributed by atoms with van der Waals surface area (Å²) in [5.41, 5.74) is 0.375. The molecular weight excluding hydrogens is 312 g/mol. The molecule has 1 amide bonds. The van der Waals surface area contributed by atoms with E-state index in [1.807, 2.05) is 6.07 Å². The minimum absolute atomic E-state index is 0.0615. The highest BCUT2D eigenvalue weighted by atomic mass is 79.9. The lowest BCUT2D eigenvalue weighted by Crippen LogP contribution is -2.18. The van der Waals surface area contributed by atoms with Gasteiger partial charge in [-0.05, 0) is 24.3 Å². The van der Waals surface area contributed by atoms with E-state index < -0.39 is 11.5 Å². The maximum atomic E-state index is 11.9. The lowest BCUT2D eigenvalue weighted by molar-refractivity contribution is 0.102. The number of benzene rings is 1. The van der Waals surface area contributed by atoms with Crippen LogP contribution in [0.3, 0.4) is 0 Å². The van der Waals surface area contributed by atoms with Crippen molar-refractivity contribution in [2.75, 3.05) is 5.32 Å². The lowest BCUT2D eigenvalue weighted by Gasteiger charge is -2.06. The number of amides is 1. The number of aromatic amines is 1. The number of nitrogens with one attached hydrogen (secondary N) is 2. The predicted molar refractivity (Wildman–Crippen MR) is 71.7 cm³/mol. The van der Waals surface area contributed by atoms with Gasteiger partial charge in [-0.1, -0.05) is 15.9 Å². The van der Waals surface area contributed by atoms with Gasteiger partial charge in [-0.25, -0.2) is 5.10 Å². The summed E-state index contributed by atoms with van der Waals surface area (Å²) in [5.74, 6) is -0.505. The standard InChI is InChI=1S/C12H7BrN4O2/c13-8-1-2-9(7(5-8)6-14)15-12(19)10-3-4-11(18)17-16-10/h1-5H,(H,15,19)(H,17,18). The molecule has 6 nitrogen and oxygen atoms in total. The largest absolute Gasteiger partial charge is 0.319 e. The minimum atomic E-state index is -0.505. The van der Waals surface area contributed by atoms with Gasteiger partial charge in [0.15, 0.2) is 0 Å². The van der Waals surface area contributed by atoms with Gasteiger partial charge in [0.05, 0.1) is 11.3 Å². The van der Waals surface area contributed by atoms with Crippen molar-refractivity contribution in [3.8, 4) is 6.07 Å². The van der Waals surface area contributed by atoms with Gasteiger partial charge in [0.1, 0.15) is 11.8 Å². The Kier molecular flexibility index (Phi) is 3.73. The second-order valence-corrected chi connectivity index (χ2v) is 4.48. The van der Waals surface area contributed by atoms with Crippen molar-refractivity contribution in [1.82, 2.24) is 10.2 Å². The number of H-pyrrole nitrogens is 1. The van der Waals surface area contributed by atoms with E-state index in [0.717, 1.165) is 4.47 Å². The molecule has 0 atom stereocenters. The molecule has 2 rings (SSSR count). The highest BCUT2D eigenvalue weighted by Gasteiger charge is 2.10. The van der Waals surface area contributed by atoms with Gasteiger partial charge in [0.25, 0.3) is 11.5 Å². The number of carbonyl (C=O) groups is 1. The molecular formula is C12H7BrN4O2. The first-order valence-corrected chi connectivity index (χ1v) is 5.96. The Morgan fingerprint density at radius 1 is 1.37 bits per heavy atom. The number of carbonyl (C=O) groups excluding carboxylic acids is 1. The molecule has 0 radical (unpaired) electrons. The van der Waals surface area contributed by atoms with E-state index in [9.17, 15) is 9.59 Å². The zero-order valence-electron chi connectivity index (χ0n) is 9.48. The summed E-state index contributed by atoms with van der Waals surface area (Å²) >= 11 is 3.24. The second kappa shape index (κ2) is 5.46. The number of aromatic nitrogens is 2. The minimum Gasteiger partial charge on any atom is -0.319 e. The fraction of sp³-hybridized carbons (Fsp3) is 0. The number of hydrogen-bond donors (Lipinski definition) is 2. The van der Waals surface area contributed by atoms with Crippen LogP contribution in [0.4, 0.5) is 5.69 Å². The van der Waals surface area contributed by atoms with E-state index in [1.165, 1.54) is 12.1 Å². The monoisotopic (exact) mass is 318 g/mol. The highest BCUT2D eigenvalue weighted by Crippen LogP contribution is 2.20. The Balaban J connectivity index is 2.27. The predicted octanol–water partition coefficient (Wildman–Crippen LogP) is 1.66. The Morgan fingerprint density at radius 2 is 2.16 bits per heavy atom. The molecule has 0 saturated heterocycles. The third kappa shape index (κ3) is 3.05. The maximum absolute atomic E-state index is 11.9. The molecule has 1 aromatic carbocycles. The molecule has 1 aromatic heterocycles. The average molecular weight is 319 g/mol. The number of hydrogen-bond acceptors (Lipinski definition) is 4. The summed E-state index contributed by atoms with van der Waals surface area (Å²) < 4.78 is 0.740. The summed E-state index contributed by atoms with van der Waals surface area (Å²) in [5, 5.41) is 17.3. The van der Waals surface area contributed by atoms with Gasteiger partial charge >= 0.3 is 0 Å². The summed E-state index contributed by atoms with van der Waals surface area (Å²) in [6.45, 7) is 0. The first kappa shape index (κ1) is 13.0. The summed E-state index contributed by atoms with van der Waals surface area (Å²) in [4.78, 5) is 22.7. The van der Waals surface area contributed by atoms with E-state index in [2.05, 4.69) is 31.4 Å². The number of halogens is 1. The van der Waals surface area contributed by atoms with Crippen molar-refractivity contribution in [3.63, 3.8) is 0 Å². The molecule has 0 saturated carbocycles. The van der Waals surface area contributed by atoms with E-state index >= 15 is 0 Å². The second-order valence-electron chi connectivity index (χ2n) is 3.56. The molecule has 0 aliphatic heterocycles. The summed E-state index contributed by atoms with van der Waals surface area (Å²) in [6.07, 6.45) is 0. The molecule has 0 spiro atoms. The number of anilines is 1. The topological polar surface area (TPSA) is 98.6 Å². The smallest absolute Gasteiger partial charge is 0.276 e. The van der Waals surface area contributed by atoms with Crippen LogP contribution >= 0.6 is 15.9 Å². The average Bonchev–Trinajstić information content (AvgIpc) is 2.41. The van der Waals surface area contributed by atoms with Crippen LogP contribution in [-0.2, 0) is 0 Å². The maximum Gasteiger partial charge on any atom is 0.276 e. The normalized spacial score (nSPS) is 9.68. The first-order valence-electron chi connectivity index (χ1n) is 5.17. The van der Waals surface area contributed by atoms with Gasteiger partial charge in [-0.3, -0.25) is 9.59 Å². The van der Waals surface area contributed by atoms with Crippen LogP contribution in [0, 0.1) is 11.3 Å². The van der Waals surface area contributed by atoms with E-state index in [1.54, 1.807) is 18.2 Å². The molecule has 2 aromatic rings. The third-order valence-electron chi connectivity index (χ3n) is 2.26. The molecule has 0 fully saturated rings. The summed E-state index contributed by atoms with van der Waals surface area (Å²) in [6, 6.07) is 9.39. The molecule has 19 heavy (non-hydrogen) atoms. The highest BCUT2D eigenvalue weighted by molar-refractivity contribution is 9.10. The molecule has 0 aliphatic rings. The third-order valence-corrected chi connectivity index (χ3v) is 2.76. The molecule has 94 valence electrons. The van der Waals surface area contributed by atoms with Gasteiger partial charge in [0, 0.05) is 10.5 Å². The van der Waals surface area contributed by atoms with Crippen LogP contribution in [0.15, 0.2) is 39.6 Å². The quantitative estimate of drug-likeness (QED) is 0.879. The molecule has 0 aliphatic carbocycles. The van der Waals surface area contributed by atoms with E-state index in [4.69, 9.17) is 5.26 Å². The molecule has 2 N–H and O–H groups in total. The zero-order chi connectivity index (χ0) is 13.8. The Labute approximate surface area is 116 Å². The summed E-state index contributed by atoms with van der Waals surface area (Å²) in [7, 11) is 0. The van der Waals surface area contributed by atoms with Gasteiger partial charge < -0.3 is 5.32 Å². The number of nitriles is 1. The van der Waals surface area contributed by atoms with Crippen LogP contribution in [0.5, 0.6) is 0 Å². The van der Waals surface area contributed by atoms with E-state index in [0.29, 0.717) is 11.3 Å². The number of rotatable bonds is 2. The SMILES string of the molecule is N#Cc1cc(Br)ccc1NC(=O)c1ccc(=O)[nH]n1. The first-order chi connectivity index (χ1) is 9.10. The number of nitrogens with zero attached hydrogens (tertiary/aromatic N) is 2. The van der Waals surface area contributed by atoms with Crippen LogP contribution < -0.4 is 10.9 Å². The molecule has 1 heterocycles. The van der Waals surface area contributed by atoms with Crippen molar-refractivity contribution in [1.29, 1.82) is 5.26 Å². The van der Waals surface area contributed by atoms with Crippen LogP contribution in [0.1, 0.15) is 16.1 Å². The molecule has 7 heteroatoms. The molecule has 0 unspecified atom stereocenters. The van der Waals surface area contributed by atoms with Crippen molar-refractivity contribution in [2.24, 2.45) is 0 Å². The Morgan fingerprint density at radius 3 is 2.79 bits per heavy atom. The van der Waals surface area contributed by atoms with Crippen LogP contribution in [-0.4, -0.2) is 16.1 Å². The Bertz CT molecular complexity index is 713. The van der Waals surface area contributed by atoms with Crippen molar-refractivity contribution in [3.05, 3.63) is 56.4 Å². The zero-order valence-corrected chi connectivity index (χ0v) is 11.1. The Hall–Kier alpha value is -2.46.